The maximum atomic E-state index is 12.2. The lowest BCUT2D eigenvalue weighted by atomic mass is 10.3. The molecule has 0 bridgehead atoms. The van der Waals surface area contributed by atoms with Crippen molar-refractivity contribution < 1.29 is 8.42 Å². The molecule has 1 N–H and O–H groups in total. The topological polar surface area (TPSA) is 62.3 Å². The summed E-state index contributed by atoms with van der Waals surface area (Å²) in [6.45, 7) is 3.61. The van der Waals surface area contributed by atoms with Gasteiger partial charge in [-0.1, -0.05) is 13.0 Å². The second kappa shape index (κ2) is 5.34. The summed E-state index contributed by atoms with van der Waals surface area (Å²) in [6.07, 6.45) is 3.53. The first kappa shape index (κ1) is 13.5. The highest BCUT2D eigenvalue weighted by molar-refractivity contribution is 7.89. The zero-order valence-corrected chi connectivity index (χ0v) is 11.6. The van der Waals surface area contributed by atoms with Gasteiger partial charge in [-0.15, -0.1) is 0 Å². The fraction of sp³-hybridized carbons (Fsp3) is 0.583. The number of hydrogen-bond acceptors (Lipinski definition) is 4. The summed E-state index contributed by atoms with van der Waals surface area (Å²) in [7, 11) is -1.78. The average molecular weight is 269 g/mol. The predicted octanol–water partition coefficient (Wildman–Crippen LogP) is 0.974. The standard InChI is InChI=1S/C12H19N3O2S/c1-3-13-8-10-4-7-12(14-9-10)18(16,17)15(2)11-5-6-11/h4,7,9,11,13H,3,5-6,8H2,1-2H3. The van der Waals surface area contributed by atoms with Crippen molar-refractivity contribution in [2.24, 2.45) is 0 Å². The van der Waals surface area contributed by atoms with Gasteiger partial charge in [-0.3, -0.25) is 0 Å². The molecule has 2 rings (SSSR count). The number of sulfonamides is 1. The largest absolute Gasteiger partial charge is 0.313 e. The van der Waals surface area contributed by atoms with Gasteiger partial charge in [0.25, 0.3) is 10.0 Å². The lowest BCUT2D eigenvalue weighted by Gasteiger charge is -2.15. The number of nitrogens with zero attached hydrogens (tertiary/aromatic N) is 2. The van der Waals surface area contributed by atoms with Crippen molar-refractivity contribution in [1.29, 1.82) is 0 Å². The molecule has 1 heterocycles. The van der Waals surface area contributed by atoms with E-state index < -0.39 is 10.0 Å². The van der Waals surface area contributed by atoms with Gasteiger partial charge in [0.2, 0.25) is 0 Å². The Bertz CT molecular complexity index is 495. The minimum atomic E-state index is -3.41. The Hall–Kier alpha value is -0.980. The predicted molar refractivity (Wildman–Crippen MR) is 69.6 cm³/mol. The maximum Gasteiger partial charge on any atom is 0.260 e. The summed E-state index contributed by atoms with van der Waals surface area (Å²) < 4.78 is 25.8. The van der Waals surface area contributed by atoms with Gasteiger partial charge in [-0.2, -0.15) is 4.31 Å². The molecule has 0 atom stereocenters. The van der Waals surface area contributed by atoms with Crippen LogP contribution in [0.5, 0.6) is 0 Å². The fourth-order valence-corrected chi connectivity index (χ4v) is 3.04. The van der Waals surface area contributed by atoms with Gasteiger partial charge in [0.15, 0.2) is 5.03 Å². The molecule has 1 aromatic rings. The lowest BCUT2D eigenvalue weighted by molar-refractivity contribution is 0.461. The molecule has 0 aliphatic heterocycles. The Morgan fingerprint density at radius 3 is 2.67 bits per heavy atom. The quantitative estimate of drug-likeness (QED) is 0.836. The van der Waals surface area contributed by atoms with Gasteiger partial charge in [0.1, 0.15) is 0 Å². The van der Waals surface area contributed by atoms with E-state index in [9.17, 15) is 8.42 Å². The van der Waals surface area contributed by atoms with E-state index in [0.29, 0.717) is 6.54 Å². The third-order valence-corrected chi connectivity index (χ3v) is 4.91. The van der Waals surface area contributed by atoms with Gasteiger partial charge in [0, 0.05) is 25.8 Å². The molecule has 1 aliphatic carbocycles. The Morgan fingerprint density at radius 1 is 1.44 bits per heavy atom. The number of pyridine rings is 1. The number of rotatable bonds is 6. The highest BCUT2D eigenvalue weighted by Gasteiger charge is 2.35. The van der Waals surface area contributed by atoms with Crippen LogP contribution in [0.25, 0.3) is 0 Å². The Morgan fingerprint density at radius 2 is 2.17 bits per heavy atom. The number of nitrogens with one attached hydrogen (secondary N) is 1. The molecule has 6 heteroatoms. The van der Waals surface area contributed by atoms with Crippen LogP contribution < -0.4 is 5.32 Å². The first-order valence-corrected chi connectivity index (χ1v) is 7.63. The van der Waals surface area contributed by atoms with Crippen LogP contribution in [0, 0.1) is 0 Å². The van der Waals surface area contributed by atoms with E-state index in [-0.39, 0.29) is 11.1 Å². The van der Waals surface area contributed by atoms with Crippen molar-refractivity contribution in [2.45, 2.75) is 37.4 Å². The second-order valence-corrected chi connectivity index (χ2v) is 6.48. The van der Waals surface area contributed by atoms with Crippen molar-refractivity contribution in [3.8, 4) is 0 Å². The van der Waals surface area contributed by atoms with Crippen LogP contribution in [0.2, 0.25) is 0 Å². The van der Waals surface area contributed by atoms with Crippen LogP contribution in [-0.4, -0.2) is 37.3 Å². The van der Waals surface area contributed by atoms with Crippen molar-refractivity contribution in [2.75, 3.05) is 13.6 Å². The van der Waals surface area contributed by atoms with Crippen molar-refractivity contribution in [3.05, 3.63) is 23.9 Å². The molecule has 0 spiro atoms. The monoisotopic (exact) mass is 269 g/mol. The van der Waals surface area contributed by atoms with E-state index in [2.05, 4.69) is 10.3 Å². The third-order valence-electron chi connectivity index (χ3n) is 3.08. The molecule has 18 heavy (non-hydrogen) atoms. The Balaban J connectivity index is 2.13. The van der Waals surface area contributed by atoms with Gasteiger partial charge in [-0.25, -0.2) is 13.4 Å². The number of hydrogen-bond donors (Lipinski definition) is 1. The Kier molecular flexibility index (Phi) is 3.99. The van der Waals surface area contributed by atoms with E-state index in [1.54, 1.807) is 19.3 Å². The minimum absolute atomic E-state index is 0.136. The third kappa shape index (κ3) is 2.88. The van der Waals surface area contributed by atoms with Crippen LogP contribution >= 0.6 is 0 Å². The fourth-order valence-electron chi connectivity index (χ4n) is 1.72. The SMILES string of the molecule is CCNCc1ccc(S(=O)(=O)N(C)C2CC2)nc1. The molecular weight excluding hydrogens is 250 g/mol. The minimum Gasteiger partial charge on any atom is -0.313 e. The molecule has 0 radical (unpaired) electrons. The number of aromatic nitrogens is 1. The van der Waals surface area contributed by atoms with Gasteiger partial charge in [0.05, 0.1) is 0 Å². The smallest absolute Gasteiger partial charge is 0.260 e. The maximum absolute atomic E-state index is 12.2. The van der Waals surface area contributed by atoms with Gasteiger partial charge < -0.3 is 5.32 Å². The Labute approximate surface area is 108 Å². The molecule has 100 valence electrons. The van der Waals surface area contributed by atoms with Gasteiger partial charge in [-0.05, 0) is 31.0 Å². The van der Waals surface area contributed by atoms with Crippen molar-refractivity contribution in [1.82, 2.24) is 14.6 Å². The van der Waals surface area contributed by atoms with Crippen molar-refractivity contribution >= 4 is 10.0 Å². The van der Waals surface area contributed by atoms with Crippen LogP contribution in [-0.2, 0) is 16.6 Å². The highest BCUT2D eigenvalue weighted by Crippen LogP contribution is 2.29. The summed E-state index contributed by atoms with van der Waals surface area (Å²) in [5.74, 6) is 0. The summed E-state index contributed by atoms with van der Waals surface area (Å²) in [4.78, 5) is 4.06. The average Bonchev–Trinajstić information content (AvgIpc) is 3.20. The lowest BCUT2D eigenvalue weighted by Crippen LogP contribution is -2.29. The van der Waals surface area contributed by atoms with Crippen LogP contribution in [0.15, 0.2) is 23.4 Å². The molecule has 0 amide bonds. The summed E-state index contributed by atoms with van der Waals surface area (Å²) >= 11 is 0. The van der Waals surface area contributed by atoms with Gasteiger partial charge >= 0.3 is 0 Å². The summed E-state index contributed by atoms with van der Waals surface area (Å²) in [5.41, 5.74) is 0.991. The molecule has 0 unspecified atom stereocenters. The highest BCUT2D eigenvalue weighted by atomic mass is 32.2. The molecule has 1 fully saturated rings. The van der Waals surface area contributed by atoms with Crippen LogP contribution in [0.3, 0.4) is 0 Å². The zero-order valence-electron chi connectivity index (χ0n) is 10.8. The van der Waals surface area contributed by atoms with E-state index in [1.165, 1.54) is 4.31 Å². The molecule has 1 aromatic heterocycles. The molecular formula is C12H19N3O2S. The summed E-state index contributed by atoms with van der Waals surface area (Å²) in [5, 5.41) is 3.31. The van der Waals surface area contributed by atoms with E-state index in [1.807, 2.05) is 13.0 Å². The summed E-state index contributed by atoms with van der Waals surface area (Å²) in [6, 6.07) is 3.56. The first-order chi connectivity index (χ1) is 8.55. The van der Waals surface area contributed by atoms with E-state index >= 15 is 0 Å². The van der Waals surface area contributed by atoms with Crippen LogP contribution in [0.1, 0.15) is 25.3 Å². The molecule has 1 saturated carbocycles. The molecule has 0 saturated heterocycles. The van der Waals surface area contributed by atoms with Crippen LogP contribution in [0.4, 0.5) is 0 Å². The van der Waals surface area contributed by atoms with E-state index in [0.717, 1.165) is 24.9 Å². The molecule has 1 aliphatic rings. The second-order valence-electron chi connectivity index (χ2n) is 4.54. The normalized spacial score (nSPS) is 16.2. The first-order valence-electron chi connectivity index (χ1n) is 6.19. The zero-order chi connectivity index (χ0) is 13.2. The molecule has 5 nitrogen and oxygen atoms in total. The molecule has 0 aromatic carbocycles. The van der Waals surface area contributed by atoms with Crippen molar-refractivity contribution in [3.63, 3.8) is 0 Å². The van der Waals surface area contributed by atoms with E-state index in [4.69, 9.17) is 0 Å².